The maximum atomic E-state index is 13.1. The van der Waals surface area contributed by atoms with Gasteiger partial charge in [-0.05, 0) is 74.5 Å². The van der Waals surface area contributed by atoms with Crippen molar-refractivity contribution < 1.29 is 29.0 Å². The number of benzene rings is 3. The fourth-order valence-corrected chi connectivity index (χ4v) is 3.63. The van der Waals surface area contributed by atoms with Gasteiger partial charge < -0.3 is 19.9 Å². The molecule has 3 aromatic carbocycles. The number of aromatic carboxylic acids is 1. The molecule has 1 aliphatic heterocycles. The van der Waals surface area contributed by atoms with Gasteiger partial charge >= 0.3 is 5.97 Å². The van der Waals surface area contributed by atoms with Crippen LogP contribution >= 0.6 is 0 Å². The van der Waals surface area contributed by atoms with Crippen LogP contribution in [0.2, 0.25) is 0 Å². The first-order valence-corrected chi connectivity index (χ1v) is 11.6. The van der Waals surface area contributed by atoms with Crippen molar-refractivity contribution in [3.63, 3.8) is 0 Å². The monoisotopic (exact) mass is 499 g/mol. The molecule has 2 amide bonds. The van der Waals surface area contributed by atoms with Gasteiger partial charge in [0, 0.05) is 11.3 Å². The van der Waals surface area contributed by atoms with Crippen molar-refractivity contribution in [2.75, 3.05) is 23.5 Å². The average molecular weight is 500 g/mol. The van der Waals surface area contributed by atoms with Crippen molar-refractivity contribution >= 4 is 40.9 Å². The number of nitrogens with one attached hydrogen (secondary N) is 1. The molecule has 0 saturated heterocycles. The van der Waals surface area contributed by atoms with Crippen molar-refractivity contribution in [3.8, 4) is 11.5 Å². The van der Waals surface area contributed by atoms with E-state index in [1.54, 1.807) is 61.5 Å². The molecule has 37 heavy (non-hydrogen) atoms. The zero-order chi connectivity index (χ0) is 26.4. The van der Waals surface area contributed by atoms with Gasteiger partial charge in [-0.1, -0.05) is 18.2 Å². The van der Waals surface area contributed by atoms with Gasteiger partial charge in [0.25, 0.3) is 11.8 Å². The average Bonchev–Trinajstić information content (AvgIpc) is 3.18. The number of ether oxygens (including phenoxy) is 2. The highest BCUT2D eigenvalue weighted by atomic mass is 16.5. The summed E-state index contributed by atoms with van der Waals surface area (Å²) in [6.45, 7) is 3.94. The number of carbonyl (C=O) groups excluding carboxylic acids is 2. The van der Waals surface area contributed by atoms with Crippen molar-refractivity contribution in [1.82, 2.24) is 0 Å². The van der Waals surface area contributed by atoms with E-state index in [0.29, 0.717) is 40.6 Å². The molecule has 4 rings (SSSR count). The van der Waals surface area contributed by atoms with E-state index in [1.165, 1.54) is 29.3 Å². The van der Waals surface area contributed by atoms with Gasteiger partial charge in [0.2, 0.25) is 0 Å². The van der Waals surface area contributed by atoms with Crippen molar-refractivity contribution in [2.45, 2.75) is 13.8 Å². The smallest absolute Gasteiger partial charge is 0.335 e. The molecule has 1 aliphatic rings. The summed E-state index contributed by atoms with van der Waals surface area (Å²) in [5, 5.41) is 17.4. The van der Waals surface area contributed by atoms with E-state index < -0.39 is 5.97 Å². The standard InChI is InChI=1S/C28H25N3O6/c1-3-36-23-14-10-21(11-15-23)29-26(32)17-37-25-7-5-4-6-20(25)16-24-18(2)30-31(27(24)33)22-12-8-19(9-13-22)28(34)35/h4-16H,3,17H2,1-2H3,(H,29,32)(H,34,35)/b24-16+. The molecule has 0 radical (unpaired) electrons. The number of hydrogen-bond acceptors (Lipinski definition) is 6. The lowest BCUT2D eigenvalue weighted by molar-refractivity contribution is -0.118. The second-order valence-corrected chi connectivity index (χ2v) is 8.04. The first-order chi connectivity index (χ1) is 17.9. The van der Waals surface area contributed by atoms with Crippen LogP contribution in [0.5, 0.6) is 11.5 Å². The molecule has 2 N–H and O–H groups in total. The Kier molecular flexibility index (Phi) is 7.63. The first kappa shape index (κ1) is 25.2. The van der Waals surface area contributed by atoms with Gasteiger partial charge in [-0.15, -0.1) is 0 Å². The molecule has 9 nitrogen and oxygen atoms in total. The van der Waals surface area contributed by atoms with E-state index >= 15 is 0 Å². The molecule has 0 aromatic heterocycles. The van der Waals surface area contributed by atoms with Crippen LogP contribution in [0.3, 0.4) is 0 Å². The van der Waals surface area contributed by atoms with Gasteiger partial charge in [-0.3, -0.25) is 9.59 Å². The number of amides is 2. The van der Waals surface area contributed by atoms with E-state index in [9.17, 15) is 14.4 Å². The van der Waals surface area contributed by atoms with Gasteiger partial charge in [0.05, 0.1) is 29.1 Å². The summed E-state index contributed by atoms with van der Waals surface area (Å²) in [5.41, 5.74) is 2.65. The lowest BCUT2D eigenvalue weighted by Gasteiger charge is -2.12. The van der Waals surface area contributed by atoms with E-state index in [0.717, 1.165) is 5.75 Å². The summed E-state index contributed by atoms with van der Waals surface area (Å²) in [7, 11) is 0. The molecule has 0 spiro atoms. The maximum absolute atomic E-state index is 13.1. The maximum Gasteiger partial charge on any atom is 0.335 e. The Morgan fingerprint density at radius 1 is 1.00 bits per heavy atom. The zero-order valence-electron chi connectivity index (χ0n) is 20.3. The lowest BCUT2D eigenvalue weighted by Crippen LogP contribution is -2.21. The summed E-state index contributed by atoms with van der Waals surface area (Å²) in [5.74, 6) is -0.596. The van der Waals surface area contributed by atoms with Crippen molar-refractivity contribution in [2.24, 2.45) is 5.10 Å². The Labute approximate surface area is 213 Å². The van der Waals surface area contributed by atoms with Crippen LogP contribution < -0.4 is 19.8 Å². The third-order valence-corrected chi connectivity index (χ3v) is 5.45. The number of rotatable bonds is 9. The molecule has 0 aliphatic carbocycles. The largest absolute Gasteiger partial charge is 0.494 e. The third kappa shape index (κ3) is 6.02. The number of carbonyl (C=O) groups is 3. The topological polar surface area (TPSA) is 118 Å². The molecule has 0 bridgehead atoms. The van der Waals surface area contributed by atoms with Crippen molar-refractivity contribution in [1.29, 1.82) is 0 Å². The number of nitrogens with zero attached hydrogens (tertiary/aromatic N) is 2. The summed E-state index contributed by atoms with van der Waals surface area (Å²) >= 11 is 0. The van der Waals surface area contributed by atoms with Crippen LogP contribution in [0.15, 0.2) is 83.5 Å². The number of para-hydroxylation sites is 1. The second-order valence-electron chi connectivity index (χ2n) is 8.04. The number of carboxylic acids is 1. The molecule has 0 atom stereocenters. The predicted octanol–water partition coefficient (Wildman–Crippen LogP) is 4.61. The molecule has 3 aromatic rings. The Hall–Kier alpha value is -4.92. The minimum absolute atomic E-state index is 0.115. The fourth-order valence-electron chi connectivity index (χ4n) is 3.63. The minimum Gasteiger partial charge on any atom is -0.494 e. The van der Waals surface area contributed by atoms with Gasteiger partial charge in [0.1, 0.15) is 11.5 Å². The van der Waals surface area contributed by atoms with Crippen LogP contribution in [0.4, 0.5) is 11.4 Å². The molecule has 1 heterocycles. The number of hydrazone groups is 1. The quantitative estimate of drug-likeness (QED) is 0.415. The Balaban J connectivity index is 1.44. The fraction of sp³-hybridized carbons (Fsp3) is 0.143. The first-order valence-electron chi connectivity index (χ1n) is 11.6. The van der Waals surface area contributed by atoms with E-state index in [1.807, 2.05) is 6.92 Å². The molecule has 0 saturated carbocycles. The Morgan fingerprint density at radius 3 is 2.38 bits per heavy atom. The molecular weight excluding hydrogens is 474 g/mol. The van der Waals surface area contributed by atoms with E-state index in [4.69, 9.17) is 14.6 Å². The van der Waals surface area contributed by atoms with Crippen LogP contribution in [0, 0.1) is 0 Å². The Bertz CT molecular complexity index is 1380. The third-order valence-electron chi connectivity index (χ3n) is 5.45. The number of carboxylic acid groups (broad SMARTS) is 1. The van der Waals surface area contributed by atoms with Crippen LogP contribution in [-0.4, -0.2) is 41.8 Å². The van der Waals surface area contributed by atoms with Crippen LogP contribution in [-0.2, 0) is 9.59 Å². The highest BCUT2D eigenvalue weighted by molar-refractivity contribution is 6.32. The van der Waals surface area contributed by atoms with Crippen LogP contribution in [0.25, 0.3) is 6.08 Å². The van der Waals surface area contributed by atoms with E-state index in [2.05, 4.69) is 10.4 Å². The van der Waals surface area contributed by atoms with Crippen LogP contribution in [0.1, 0.15) is 29.8 Å². The predicted molar refractivity (Wildman–Crippen MR) is 140 cm³/mol. The van der Waals surface area contributed by atoms with Crippen molar-refractivity contribution in [3.05, 3.63) is 89.5 Å². The highest BCUT2D eigenvalue weighted by Crippen LogP contribution is 2.28. The molecule has 0 unspecified atom stereocenters. The summed E-state index contributed by atoms with van der Waals surface area (Å²) in [6, 6.07) is 20.0. The highest BCUT2D eigenvalue weighted by Gasteiger charge is 2.29. The molecule has 188 valence electrons. The SMILES string of the molecule is CCOc1ccc(NC(=O)COc2ccccc2/C=C2/C(=O)N(c3ccc(C(=O)O)cc3)N=C2C)cc1. The zero-order valence-corrected chi connectivity index (χ0v) is 20.3. The van der Waals surface area contributed by atoms with Gasteiger partial charge in [-0.25, -0.2) is 4.79 Å². The Morgan fingerprint density at radius 2 is 1.70 bits per heavy atom. The normalized spacial score (nSPS) is 13.9. The second kappa shape index (κ2) is 11.2. The molecule has 0 fully saturated rings. The van der Waals surface area contributed by atoms with E-state index in [-0.39, 0.29) is 24.0 Å². The number of anilines is 2. The summed E-state index contributed by atoms with van der Waals surface area (Å²) in [6.07, 6.45) is 1.66. The molecular formula is C28H25N3O6. The molecule has 9 heteroatoms. The van der Waals surface area contributed by atoms with Gasteiger partial charge in [0.15, 0.2) is 6.61 Å². The summed E-state index contributed by atoms with van der Waals surface area (Å²) < 4.78 is 11.2. The minimum atomic E-state index is -1.05. The summed E-state index contributed by atoms with van der Waals surface area (Å²) in [4.78, 5) is 36.6. The number of hydrogen-bond donors (Lipinski definition) is 2. The lowest BCUT2D eigenvalue weighted by atomic mass is 10.1. The van der Waals surface area contributed by atoms with Gasteiger partial charge in [-0.2, -0.15) is 10.1 Å².